The van der Waals surface area contributed by atoms with Gasteiger partial charge in [-0.3, -0.25) is 0 Å². The van der Waals surface area contributed by atoms with Gasteiger partial charge in [0.05, 0.1) is 0 Å². The summed E-state index contributed by atoms with van der Waals surface area (Å²) in [4.78, 5) is 0. The summed E-state index contributed by atoms with van der Waals surface area (Å²) in [5.41, 5.74) is 1.67. The Hall–Kier alpha value is -3.14. The van der Waals surface area contributed by atoms with Crippen molar-refractivity contribution >= 4 is 0 Å². The van der Waals surface area contributed by atoms with Crippen LogP contribution in [0.2, 0.25) is 0 Å². The normalized spacial score (nSPS) is 12.2. The van der Waals surface area contributed by atoms with Gasteiger partial charge in [0.1, 0.15) is 45.4 Å². The summed E-state index contributed by atoms with van der Waals surface area (Å²) in [6.45, 7) is 24.5. The third-order valence-electron chi connectivity index (χ3n) is 4.56. The molecule has 0 fully saturated rings. The van der Waals surface area contributed by atoms with Crippen LogP contribution >= 0.6 is 0 Å². The number of hydrogen-bond donors (Lipinski definition) is 0. The number of benzene rings is 3. The van der Waals surface area contributed by atoms with Crippen molar-refractivity contribution in [2.45, 2.75) is 105 Å². The predicted octanol–water partition coefficient (Wildman–Crippen LogP) is 9.75. The molecular formula is C34H48O4. The second-order valence-electron chi connectivity index (χ2n) is 13.4. The van der Waals surface area contributed by atoms with Gasteiger partial charge in [-0.15, -0.1) is 0 Å². The third-order valence-corrected chi connectivity index (χ3v) is 4.56. The molecule has 0 aliphatic carbocycles. The second-order valence-corrected chi connectivity index (χ2v) is 13.4. The molecule has 0 saturated carbocycles. The van der Waals surface area contributed by atoms with Gasteiger partial charge in [-0.25, -0.2) is 0 Å². The summed E-state index contributed by atoms with van der Waals surface area (Å²) in [5.74, 6) is 3.52. The number of rotatable bonds is 5. The standard InChI is InChI=1S/C20H26O2.C14H22O2/c1-19(2,3)21-17-11-7-15(8-12-17)16-9-13-18(14-10-16)22-20(4,5)6;1-13(2,3)15-11-7-9-12(10-8-11)16-14(4,5)6/h7-14H,1-6H3;7-10H,1-6H3. The van der Waals surface area contributed by atoms with Crippen LogP contribution in [0.15, 0.2) is 72.8 Å². The quantitative estimate of drug-likeness (QED) is 0.335. The van der Waals surface area contributed by atoms with Crippen LogP contribution in [0.25, 0.3) is 11.1 Å². The molecule has 0 aliphatic rings. The molecule has 0 amide bonds. The summed E-state index contributed by atoms with van der Waals surface area (Å²) >= 11 is 0. The molecule has 38 heavy (non-hydrogen) atoms. The highest BCUT2D eigenvalue weighted by atomic mass is 16.5. The summed E-state index contributed by atoms with van der Waals surface area (Å²) in [5, 5.41) is 0. The molecule has 208 valence electrons. The molecule has 0 spiro atoms. The molecule has 4 nitrogen and oxygen atoms in total. The fourth-order valence-corrected chi connectivity index (χ4v) is 3.42. The summed E-state index contributed by atoms with van der Waals surface area (Å²) in [6.07, 6.45) is 0. The van der Waals surface area contributed by atoms with Gasteiger partial charge in [-0.1, -0.05) is 24.3 Å². The average Bonchev–Trinajstić information content (AvgIpc) is 2.73. The Morgan fingerprint density at radius 1 is 0.289 bits per heavy atom. The van der Waals surface area contributed by atoms with Crippen LogP contribution in [0, 0.1) is 0 Å². The molecule has 4 heteroatoms. The van der Waals surface area contributed by atoms with Gasteiger partial charge in [0, 0.05) is 0 Å². The molecule has 0 unspecified atom stereocenters. The molecule has 3 aromatic carbocycles. The average molecular weight is 521 g/mol. The predicted molar refractivity (Wildman–Crippen MR) is 160 cm³/mol. The minimum absolute atomic E-state index is 0.160. The maximum atomic E-state index is 5.85. The van der Waals surface area contributed by atoms with Crippen molar-refractivity contribution in [3.8, 4) is 34.1 Å². The second kappa shape index (κ2) is 12.1. The zero-order valence-corrected chi connectivity index (χ0v) is 25.6. The monoisotopic (exact) mass is 520 g/mol. The Morgan fingerprint density at radius 2 is 0.447 bits per heavy atom. The van der Waals surface area contributed by atoms with Crippen molar-refractivity contribution in [2.24, 2.45) is 0 Å². The lowest BCUT2D eigenvalue weighted by atomic mass is 10.1. The SMILES string of the molecule is CC(C)(C)Oc1ccc(-c2ccc(OC(C)(C)C)cc2)cc1.CC(C)(C)Oc1ccc(OC(C)(C)C)cc1. The van der Waals surface area contributed by atoms with Crippen LogP contribution in [-0.4, -0.2) is 22.4 Å². The van der Waals surface area contributed by atoms with Gasteiger partial charge in [0.25, 0.3) is 0 Å². The molecule has 0 saturated heterocycles. The van der Waals surface area contributed by atoms with Gasteiger partial charge >= 0.3 is 0 Å². The van der Waals surface area contributed by atoms with Crippen molar-refractivity contribution in [1.29, 1.82) is 0 Å². The Kier molecular flexibility index (Phi) is 9.94. The van der Waals surface area contributed by atoms with Gasteiger partial charge in [0.2, 0.25) is 0 Å². The highest BCUT2D eigenvalue weighted by Gasteiger charge is 2.15. The zero-order chi connectivity index (χ0) is 28.8. The van der Waals surface area contributed by atoms with Crippen LogP contribution in [-0.2, 0) is 0 Å². The molecule has 3 aromatic rings. The van der Waals surface area contributed by atoms with E-state index >= 15 is 0 Å². The van der Waals surface area contributed by atoms with E-state index in [1.54, 1.807) is 0 Å². The van der Waals surface area contributed by atoms with Crippen LogP contribution in [0.3, 0.4) is 0 Å². The first-order chi connectivity index (χ1) is 17.3. The van der Waals surface area contributed by atoms with Gasteiger partial charge in [-0.05, 0) is 143 Å². The molecule has 0 N–H and O–H groups in total. The van der Waals surface area contributed by atoms with Gasteiger partial charge in [-0.2, -0.15) is 0 Å². The van der Waals surface area contributed by atoms with Crippen LogP contribution in [0.1, 0.15) is 83.1 Å². The molecule has 0 heterocycles. The first-order valence-electron chi connectivity index (χ1n) is 13.3. The Labute approximate surface area is 231 Å². The topological polar surface area (TPSA) is 36.9 Å². The molecule has 0 aliphatic heterocycles. The number of ether oxygens (including phenoxy) is 4. The van der Waals surface area contributed by atoms with Crippen LogP contribution in [0.5, 0.6) is 23.0 Å². The lowest BCUT2D eigenvalue weighted by Crippen LogP contribution is -2.23. The van der Waals surface area contributed by atoms with E-state index in [2.05, 4.69) is 65.8 Å². The summed E-state index contributed by atoms with van der Waals surface area (Å²) in [6, 6.07) is 24.1. The largest absolute Gasteiger partial charge is 0.488 e. The summed E-state index contributed by atoms with van der Waals surface area (Å²) in [7, 11) is 0. The van der Waals surface area contributed by atoms with E-state index in [4.69, 9.17) is 18.9 Å². The fraction of sp³-hybridized carbons (Fsp3) is 0.471. The molecule has 3 rings (SSSR count). The van der Waals surface area contributed by atoms with Crippen molar-refractivity contribution in [3.05, 3.63) is 72.8 Å². The smallest absolute Gasteiger partial charge is 0.120 e. The van der Waals surface area contributed by atoms with Crippen molar-refractivity contribution < 1.29 is 18.9 Å². The van der Waals surface area contributed by atoms with E-state index in [1.807, 2.05) is 90.1 Å². The van der Waals surface area contributed by atoms with Crippen LogP contribution < -0.4 is 18.9 Å². The van der Waals surface area contributed by atoms with E-state index in [0.717, 1.165) is 23.0 Å². The van der Waals surface area contributed by atoms with E-state index < -0.39 is 0 Å². The highest BCUT2D eigenvalue weighted by Crippen LogP contribution is 2.27. The minimum atomic E-state index is -0.173. The van der Waals surface area contributed by atoms with E-state index in [1.165, 1.54) is 11.1 Å². The Balaban J connectivity index is 0.000000281. The minimum Gasteiger partial charge on any atom is -0.488 e. The maximum Gasteiger partial charge on any atom is 0.120 e. The van der Waals surface area contributed by atoms with Crippen LogP contribution in [0.4, 0.5) is 0 Å². The van der Waals surface area contributed by atoms with E-state index in [0.29, 0.717) is 0 Å². The zero-order valence-electron chi connectivity index (χ0n) is 25.6. The van der Waals surface area contributed by atoms with Crippen molar-refractivity contribution in [3.63, 3.8) is 0 Å². The fourth-order valence-electron chi connectivity index (χ4n) is 3.42. The molecule has 0 aromatic heterocycles. The Morgan fingerprint density at radius 3 is 0.605 bits per heavy atom. The molecular weight excluding hydrogens is 472 g/mol. The lowest BCUT2D eigenvalue weighted by molar-refractivity contribution is 0.125. The van der Waals surface area contributed by atoms with Crippen molar-refractivity contribution in [2.75, 3.05) is 0 Å². The first kappa shape index (κ1) is 31.1. The third kappa shape index (κ3) is 12.9. The van der Waals surface area contributed by atoms with Gasteiger partial charge < -0.3 is 18.9 Å². The molecule has 0 bridgehead atoms. The Bertz CT molecular complexity index is 1010. The van der Waals surface area contributed by atoms with E-state index in [9.17, 15) is 0 Å². The van der Waals surface area contributed by atoms with E-state index in [-0.39, 0.29) is 22.4 Å². The number of hydrogen-bond acceptors (Lipinski definition) is 4. The maximum absolute atomic E-state index is 5.85. The first-order valence-corrected chi connectivity index (χ1v) is 13.3. The molecule has 0 radical (unpaired) electrons. The van der Waals surface area contributed by atoms with Gasteiger partial charge in [0.15, 0.2) is 0 Å². The highest BCUT2D eigenvalue weighted by molar-refractivity contribution is 5.64. The summed E-state index contributed by atoms with van der Waals surface area (Å²) < 4.78 is 23.2. The molecule has 0 atom stereocenters. The van der Waals surface area contributed by atoms with Crippen molar-refractivity contribution in [1.82, 2.24) is 0 Å². The lowest BCUT2D eigenvalue weighted by Gasteiger charge is -2.23.